The summed E-state index contributed by atoms with van der Waals surface area (Å²) in [6.07, 6.45) is 1.58. The van der Waals surface area contributed by atoms with Crippen LogP contribution in [-0.2, 0) is 14.6 Å². The van der Waals surface area contributed by atoms with E-state index in [1.165, 1.54) is 5.41 Å². The first-order valence-corrected chi connectivity index (χ1v) is 7.45. The molecule has 0 saturated heterocycles. The number of rotatable bonds is 5. The zero-order valence-electron chi connectivity index (χ0n) is 10.4. The van der Waals surface area contributed by atoms with Crippen LogP contribution in [0.3, 0.4) is 0 Å². The molecule has 0 saturated carbocycles. The molecule has 1 rings (SSSR count). The minimum Gasteiger partial charge on any atom is -0.352 e. The molecule has 2 atom stereocenters. The van der Waals surface area contributed by atoms with Gasteiger partial charge in [0.15, 0.2) is 9.84 Å². The zero-order valence-corrected chi connectivity index (χ0v) is 11.3. The fourth-order valence-electron chi connectivity index (χ4n) is 1.40. The van der Waals surface area contributed by atoms with Gasteiger partial charge >= 0.3 is 0 Å². The molecule has 0 radical (unpaired) electrons. The van der Waals surface area contributed by atoms with E-state index in [4.69, 9.17) is 0 Å². The molecular formula is C11H20N2O3S. The van der Waals surface area contributed by atoms with Crippen LogP contribution in [0.4, 0.5) is 0 Å². The quantitative estimate of drug-likeness (QED) is 0.732. The average Bonchev–Trinajstić information content (AvgIpc) is 2.55. The lowest BCUT2D eigenvalue weighted by Gasteiger charge is -2.18. The Bertz CT molecular complexity index is 401. The molecule has 1 heterocycles. The van der Waals surface area contributed by atoms with Gasteiger partial charge in [0.2, 0.25) is 5.91 Å². The van der Waals surface area contributed by atoms with Gasteiger partial charge in [0.05, 0.1) is 12.3 Å². The lowest BCUT2D eigenvalue weighted by Crippen LogP contribution is -2.44. The van der Waals surface area contributed by atoms with Crippen LogP contribution in [0.15, 0.2) is 11.5 Å². The van der Waals surface area contributed by atoms with Crippen molar-refractivity contribution in [1.82, 2.24) is 10.6 Å². The Morgan fingerprint density at radius 1 is 1.41 bits per heavy atom. The van der Waals surface area contributed by atoms with E-state index in [-0.39, 0.29) is 30.3 Å². The van der Waals surface area contributed by atoms with E-state index in [1.807, 2.05) is 20.8 Å². The van der Waals surface area contributed by atoms with Gasteiger partial charge in [0.25, 0.3) is 0 Å². The molecule has 2 N–H and O–H groups in total. The summed E-state index contributed by atoms with van der Waals surface area (Å²) in [6.45, 7) is 6.15. The first-order valence-electron chi connectivity index (χ1n) is 5.74. The highest BCUT2D eigenvalue weighted by Crippen LogP contribution is 2.07. The molecule has 0 fully saturated rings. The van der Waals surface area contributed by atoms with Gasteiger partial charge in [-0.15, -0.1) is 0 Å². The summed E-state index contributed by atoms with van der Waals surface area (Å²) in [7, 11) is -3.05. The first kappa shape index (κ1) is 14.2. The maximum Gasteiger partial charge on any atom is 0.234 e. The Morgan fingerprint density at radius 3 is 2.53 bits per heavy atom. The Balaban J connectivity index is 2.28. The molecule has 5 nitrogen and oxygen atoms in total. The van der Waals surface area contributed by atoms with Crippen LogP contribution in [0, 0.1) is 5.92 Å². The van der Waals surface area contributed by atoms with Gasteiger partial charge in [-0.25, -0.2) is 8.42 Å². The number of hydrogen-bond acceptors (Lipinski definition) is 4. The van der Waals surface area contributed by atoms with E-state index in [9.17, 15) is 13.2 Å². The molecule has 0 bridgehead atoms. The summed E-state index contributed by atoms with van der Waals surface area (Å²) in [5.74, 6) is 0.314. The van der Waals surface area contributed by atoms with Crippen LogP contribution in [0.5, 0.6) is 0 Å². The van der Waals surface area contributed by atoms with Crippen molar-refractivity contribution in [3.05, 3.63) is 11.5 Å². The summed E-state index contributed by atoms with van der Waals surface area (Å²) in [4.78, 5) is 11.5. The Kier molecular flexibility index (Phi) is 4.70. The maximum absolute atomic E-state index is 11.5. The van der Waals surface area contributed by atoms with Crippen molar-refractivity contribution >= 4 is 15.7 Å². The first-order chi connectivity index (χ1) is 7.80. The van der Waals surface area contributed by atoms with Crippen LogP contribution in [0.25, 0.3) is 0 Å². The molecule has 0 aliphatic carbocycles. The minimum atomic E-state index is -3.05. The number of sulfone groups is 1. The third-order valence-electron chi connectivity index (χ3n) is 2.84. The van der Waals surface area contributed by atoms with Gasteiger partial charge in [-0.05, 0) is 12.8 Å². The van der Waals surface area contributed by atoms with Crippen molar-refractivity contribution in [3.63, 3.8) is 0 Å². The van der Waals surface area contributed by atoms with Crippen molar-refractivity contribution in [2.45, 2.75) is 32.9 Å². The average molecular weight is 260 g/mol. The van der Waals surface area contributed by atoms with Crippen molar-refractivity contribution in [2.24, 2.45) is 5.92 Å². The van der Waals surface area contributed by atoms with Gasteiger partial charge in [0.1, 0.15) is 0 Å². The predicted molar refractivity (Wildman–Crippen MR) is 67.2 cm³/mol. The molecule has 0 aromatic rings. The molecule has 2 unspecified atom stereocenters. The van der Waals surface area contributed by atoms with Gasteiger partial charge < -0.3 is 10.6 Å². The molecular weight excluding hydrogens is 240 g/mol. The van der Waals surface area contributed by atoms with Crippen molar-refractivity contribution in [1.29, 1.82) is 0 Å². The summed E-state index contributed by atoms with van der Waals surface area (Å²) in [5, 5.41) is 6.95. The van der Waals surface area contributed by atoms with E-state index < -0.39 is 9.84 Å². The van der Waals surface area contributed by atoms with Crippen LogP contribution in [0.1, 0.15) is 20.8 Å². The van der Waals surface area contributed by atoms with E-state index in [1.54, 1.807) is 6.08 Å². The Labute approximate surface area is 103 Å². The normalized spacial score (nSPS) is 23.9. The van der Waals surface area contributed by atoms with Gasteiger partial charge in [-0.1, -0.05) is 19.9 Å². The summed E-state index contributed by atoms with van der Waals surface area (Å²) in [5.41, 5.74) is 0. The summed E-state index contributed by atoms with van der Waals surface area (Å²) in [6, 6.07) is -0.132. The molecule has 1 aliphatic heterocycles. The smallest absolute Gasteiger partial charge is 0.234 e. The lowest BCUT2D eigenvalue weighted by molar-refractivity contribution is -0.121. The second-order valence-electron chi connectivity index (χ2n) is 4.75. The molecule has 0 spiro atoms. The SMILES string of the molecule is CC(C)C(C)NC(=O)CNC1C=CS(=O)(=O)C1. The maximum atomic E-state index is 11.5. The van der Waals surface area contributed by atoms with Crippen molar-refractivity contribution in [2.75, 3.05) is 12.3 Å². The van der Waals surface area contributed by atoms with Crippen LogP contribution >= 0.6 is 0 Å². The monoisotopic (exact) mass is 260 g/mol. The number of carbonyl (C=O) groups is 1. The standard InChI is InChI=1S/C11H20N2O3S/c1-8(2)9(3)13-11(14)6-12-10-4-5-17(15,16)7-10/h4-5,8-10,12H,6-7H2,1-3H3,(H,13,14). The fourth-order valence-corrected chi connectivity index (χ4v) is 2.67. The van der Waals surface area contributed by atoms with E-state index in [0.29, 0.717) is 5.92 Å². The topological polar surface area (TPSA) is 75.3 Å². The van der Waals surface area contributed by atoms with Crippen LogP contribution in [0.2, 0.25) is 0 Å². The Hall–Kier alpha value is -0.880. The third kappa shape index (κ3) is 4.87. The van der Waals surface area contributed by atoms with E-state index in [0.717, 1.165) is 0 Å². The van der Waals surface area contributed by atoms with Crippen LogP contribution in [-0.4, -0.2) is 38.7 Å². The molecule has 0 aromatic carbocycles. The number of amides is 1. The van der Waals surface area contributed by atoms with Crippen LogP contribution < -0.4 is 10.6 Å². The van der Waals surface area contributed by atoms with Crippen molar-refractivity contribution < 1.29 is 13.2 Å². The minimum absolute atomic E-state index is 0.0417. The van der Waals surface area contributed by atoms with E-state index >= 15 is 0 Å². The van der Waals surface area contributed by atoms with Crippen molar-refractivity contribution in [3.8, 4) is 0 Å². The number of nitrogens with one attached hydrogen (secondary N) is 2. The number of hydrogen-bond donors (Lipinski definition) is 2. The largest absolute Gasteiger partial charge is 0.352 e. The molecule has 6 heteroatoms. The highest BCUT2D eigenvalue weighted by molar-refractivity contribution is 7.94. The molecule has 0 aromatic heterocycles. The third-order valence-corrected chi connectivity index (χ3v) is 4.24. The molecule has 98 valence electrons. The fraction of sp³-hybridized carbons (Fsp3) is 0.727. The highest BCUT2D eigenvalue weighted by Gasteiger charge is 2.21. The van der Waals surface area contributed by atoms with Gasteiger partial charge in [-0.2, -0.15) is 0 Å². The second-order valence-corrected chi connectivity index (χ2v) is 6.68. The highest BCUT2D eigenvalue weighted by atomic mass is 32.2. The van der Waals surface area contributed by atoms with Gasteiger partial charge in [-0.3, -0.25) is 4.79 Å². The second kappa shape index (κ2) is 5.64. The zero-order chi connectivity index (χ0) is 13.1. The predicted octanol–water partition coefficient (Wildman–Crippen LogP) is 0.0474. The van der Waals surface area contributed by atoms with E-state index in [2.05, 4.69) is 10.6 Å². The molecule has 1 amide bonds. The molecule has 1 aliphatic rings. The summed E-state index contributed by atoms with van der Waals surface area (Å²) < 4.78 is 22.3. The Morgan fingerprint density at radius 2 is 2.06 bits per heavy atom. The van der Waals surface area contributed by atoms with Gasteiger partial charge in [0, 0.05) is 17.5 Å². The molecule has 17 heavy (non-hydrogen) atoms. The number of carbonyl (C=O) groups excluding carboxylic acids is 1. The summed E-state index contributed by atoms with van der Waals surface area (Å²) >= 11 is 0. The lowest BCUT2D eigenvalue weighted by atomic mass is 10.1.